The molecule has 2 aromatic carbocycles. The number of rotatable bonds is 4. The third kappa shape index (κ3) is 4.95. The van der Waals surface area contributed by atoms with E-state index in [2.05, 4.69) is 21.2 Å². The van der Waals surface area contributed by atoms with Gasteiger partial charge < -0.3 is 5.32 Å². The molecule has 0 saturated heterocycles. The van der Waals surface area contributed by atoms with Gasteiger partial charge in [-0.25, -0.2) is 9.38 Å². The summed E-state index contributed by atoms with van der Waals surface area (Å²) in [6.45, 7) is 0. The van der Waals surface area contributed by atoms with Gasteiger partial charge in [-0.3, -0.25) is 9.79 Å². The minimum atomic E-state index is -0.481. The minimum Gasteiger partial charge on any atom is -0.323 e. The van der Waals surface area contributed by atoms with Crippen molar-refractivity contribution in [3.05, 3.63) is 63.3 Å². The number of carbonyl (C=O) groups excluding carboxylic acids is 1. The summed E-state index contributed by atoms with van der Waals surface area (Å²) in [6, 6.07) is 12.1. The fourth-order valence-corrected chi connectivity index (χ4v) is 5.01. The van der Waals surface area contributed by atoms with Crippen molar-refractivity contribution in [1.82, 2.24) is 0 Å². The number of aliphatic imine (C=N–C) groups is 2. The van der Waals surface area contributed by atoms with Gasteiger partial charge in [0.1, 0.15) is 10.9 Å². The number of nitrogens with zero attached hydrogens (tertiary/aromatic N) is 2. The highest BCUT2D eigenvalue weighted by Gasteiger charge is 2.37. The third-order valence-electron chi connectivity index (χ3n) is 5.15. The van der Waals surface area contributed by atoms with E-state index in [1.165, 1.54) is 30.3 Å². The lowest BCUT2D eigenvalue weighted by Gasteiger charge is -2.27. The van der Waals surface area contributed by atoms with E-state index in [0.29, 0.717) is 9.50 Å². The first-order chi connectivity index (χ1) is 14.4. The number of halogens is 3. The van der Waals surface area contributed by atoms with Crippen molar-refractivity contribution in [3.8, 4) is 0 Å². The van der Waals surface area contributed by atoms with Crippen LogP contribution in [-0.2, 0) is 4.79 Å². The van der Waals surface area contributed by atoms with Crippen LogP contribution in [0.15, 0.2) is 56.9 Å². The molecule has 0 atom stereocenters. The standard InChI is InChI=1S/C22H20BrClFN3OS/c23-15-6-9-18(17(25)12-15)26-19(29)13-30-21-20(14-4-7-16(24)8-5-14)27-22(28-21)10-2-1-3-11-22/h4-9,12H,1-3,10-11,13H2,(H,26,29). The van der Waals surface area contributed by atoms with Gasteiger partial charge in [0.2, 0.25) is 5.91 Å². The van der Waals surface area contributed by atoms with Gasteiger partial charge in [-0.05, 0) is 56.0 Å². The molecule has 156 valence electrons. The van der Waals surface area contributed by atoms with Gasteiger partial charge in [0, 0.05) is 15.1 Å². The largest absolute Gasteiger partial charge is 0.323 e. The van der Waals surface area contributed by atoms with Crippen LogP contribution in [0.3, 0.4) is 0 Å². The Bertz CT molecular complexity index is 1020. The first-order valence-corrected chi connectivity index (χ1v) is 11.9. The zero-order valence-corrected chi connectivity index (χ0v) is 19.3. The second-order valence-electron chi connectivity index (χ2n) is 7.39. The lowest BCUT2D eigenvalue weighted by atomic mass is 9.90. The number of amides is 1. The van der Waals surface area contributed by atoms with Crippen molar-refractivity contribution in [2.45, 2.75) is 37.8 Å². The summed E-state index contributed by atoms with van der Waals surface area (Å²) >= 11 is 10.6. The van der Waals surface area contributed by atoms with Gasteiger partial charge in [0.25, 0.3) is 0 Å². The molecule has 1 aliphatic heterocycles. The van der Waals surface area contributed by atoms with Gasteiger partial charge in [0.05, 0.1) is 17.2 Å². The van der Waals surface area contributed by atoms with Crippen LogP contribution in [0.25, 0.3) is 0 Å². The van der Waals surface area contributed by atoms with Crippen molar-refractivity contribution in [2.75, 3.05) is 11.1 Å². The van der Waals surface area contributed by atoms with Crippen molar-refractivity contribution in [2.24, 2.45) is 9.98 Å². The van der Waals surface area contributed by atoms with E-state index in [1.807, 2.05) is 24.3 Å². The maximum absolute atomic E-state index is 14.0. The van der Waals surface area contributed by atoms with Crippen LogP contribution in [0, 0.1) is 5.82 Å². The van der Waals surface area contributed by atoms with Crippen LogP contribution in [0.4, 0.5) is 10.1 Å². The topological polar surface area (TPSA) is 53.8 Å². The number of thioether (sulfide) groups is 1. The number of anilines is 1. The van der Waals surface area contributed by atoms with Gasteiger partial charge in [0.15, 0.2) is 5.66 Å². The van der Waals surface area contributed by atoms with E-state index >= 15 is 0 Å². The van der Waals surface area contributed by atoms with E-state index in [9.17, 15) is 9.18 Å². The first kappa shape index (κ1) is 21.5. The van der Waals surface area contributed by atoms with Crippen molar-refractivity contribution >= 4 is 61.6 Å². The Morgan fingerprint density at radius 1 is 1.13 bits per heavy atom. The van der Waals surface area contributed by atoms with Gasteiger partial charge in [-0.1, -0.05) is 57.8 Å². The highest BCUT2D eigenvalue weighted by molar-refractivity contribution is 9.10. The predicted molar refractivity (Wildman–Crippen MR) is 126 cm³/mol. The molecule has 4 nitrogen and oxygen atoms in total. The van der Waals surface area contributed by atoms with E-state index in [1.54, 1.807) is 6.07 Å². The summed E-state index contributed by atoms with van der Waals surface area (Å²) in [4.78, 5) is 22.4. The Morgan fingerprint density at radius 3 is 2.57 bits per heavy atom. The molecular weight excluding hydrogens is 489 g/mol. The van der Waals surface area contributed by atoms with E-state index in [4.69, 9.17) is 21.6 Å². The molecular formula is C22H20BrClFN3OS. The Labute approximate surface area is 192 Å². The SMILES string of the molecule is O=C(CSC1=NC2(CCCCC2)N=C1c1ccc(Cl)cc1)Nc1ccc(Br)cc1F. The molecule has 1 saturated carbocycles. The molecule has 1 spiro atoms. The molecule has 0 bridgehead atoms. The maximum atomic E-state index is 14.0. The van der Waals surface area contributed by atoms with Crippen LogP contribution in [-0.4, -0.2) is 28.1 Å². The van der Waals surface area contributed by atoms with Crippen LogP contribution < -0.4 is 5.32 Å². The molecule has 0 unspecified atom stereocenters. The van der Waals surface area contributed by atoms with Crippen LogP contribution in [0.2, 0.25) is 5.02 Å². The number of hydrogen-bond donors (Lipinski definition) is 1. The van der Waals surface area contributed by atoms with Crippen molar-refractivity contribution in [3.63, 3.8) is 0 Å². The van der Waals surface area contributed by atoms with Crippen molar-refractivity contribution < 1.29 is 9.18 Å². The fourth-order valence-electron chi connectivity index (χ4n) is 3.67. The van der Waals surface area contributed by atoms with E-state index < -0.39 is 11.5 Å². The van der Waals surface area contributed by atoms with Gasteiger partial charge in [-0.15, -0.1) is 0 Å². The molecule has 2 aromatic rings. The van der Waals surface area contributed by atoms with E-state index in [-0.39, 0.29) is 17.3 Å². The second kappa shape index (κ2) is 9.20. The van der Waals surface area contributed by atoms with Gasteiger partial charge in [-0.2, -0.15) is 0 Å². The minimum absolute atomic E-state index is 0.122. The highest BCUT2D eigenvalue weighted by Crippen LogP contribution is 2.38. The van der Waals surface area contributed by atoms with Crippen LogP contribution >= 0.6 is 39.3 Å². The fraction of sp³-hybridized carbons (Fsp3) is 0.318. The predicted octanol–water partition coefficient (Wildman–Crippen LogP) is 6.48. The highest BCUT2D eigenvalue weighted by atomic mass is 79.9. The summed E-state index contributed by atoms with van der Waals surface area (Å²) in [5, 5.41) is 4.04. The molecule has 30 heavy (non-hydrogen) atoms. The Balaban J connectivity index is 1.50. The van der Waals surface area contributed by atoms with E-state index in [0.717, 1.165) is 42.0 Å². The zero-order chi connectivity index (χ0) is 21.1. The van der Waals surface area contributed by atoms with Crippen LogP contribution in [0.1, 0.15) is 37.7 Å². The first-order valence-electron chi connectivity index (χ1n) is 9.78. The smallest absolute Gasteiger partial charge is 0.234 e. The summed E-state index contributed by atoms with van der Waals surface area (Å²) in [6.07, 6.45) is 5.24. The van der Waals surface area contributed by atoms with Crippen molar-refractivity contribution in [1.29, 1.82) is 0 Å². The maximum Gasteiger partial charge on any atom is 0.234 e. The molecule has 2 aliphatic rings. The molecule has 1 aliphatic carbocycles. The Hall–Kier alpha value is -1.70. The molecule has 4 rings (SSSR count). The third-order valence-corrected chi connectivity index (χ3v) is 6.86. The molecule has 0 radical (unpaired) electrons. The zero-order valence-electron chi connectivity index (χ0n) is 16.1. The average Bonchev–Trinajstić information content (AvgIpc) is 3.07. The number of benzene rings is 2. The number of nitrogens with one attached hydrogen (secondary N) is 1. The molecule has 1 N–H and O–H groups in total. The Morgan fingerprint density at radius 2 is 1.87 bits per heavy atom. The quantitative estimate of drug-likeness (QED) is 0.514. The summed E-state index contributed by atoms with van der Waals surface area (Å²) < 4.78 is 14.6. The Kier molecular flexibility index (Phi) is 6.60. The number of carbonyl (C=O) groups is 1. The monoisotopic (exact) mass is 507 g/mol. The molecule has 1 fully saturated rings. The van der Waals surface area contributed by atoms with Gasteiger partial charge >= 0.3 is 0 Å². The molecule has 0 aromatic heterocycles. The molecule has 1 heterocycles. The second-order valence-corrected chi connectivity index (χ2v) is 9.70. The molecule has 1 amide bonds. The number of hydrogen-bond acceptors (Lipinski definition) is 4. The summed E-state index contributed by atoms with van der Waals surface area (Å²) in [7, 11) is 0. The normalized spacial score (nSPS) is 17.6. The lowest BCUT2D eigenvalue weighted by molar-refractivity contribution is -0.113. The lowest BCUT2D eigenvalue weighted by Crippen LogP contribution is -2.25. The summed E-state index contributed by atoms with van der Waals surface area (Å²) in [5.74, 6) is -0.647. The summed E-state index contributed by atoms with van der Waals surface area (Å²) in [5.41, 5.74) is 1.49. The molecule has 8 heteroatoms. The average molecular weight is 509 g/mol. The van der Waals surface area contributed by atoms with Crippen LogP contribution in [0.5, 0.6) is 0 Å².